The van der Waals surface area contributed by atoms with Crippen LogP contribution in [0.3, 0.4) is 0 Å². The van der Waals surface area contributed by atoms with Crippen molar-refractivity contribution in [2.45, 2.75) is 17.4 Å². The van der Waals surface area contributed by atoms with Gasteiger partial charge in [0.25, 0.3) is 5.91 Å². The Bertz CT molecular complexity index is 1010. The van der Waals surface area contributed by atoms with E-state index < -0.39 is 15.9 Å². The molecule has 2 aromatic rings. The average molecular weight is 428 g/mol. The summed E-state index contributed by atoms with van der Waals surface area (Å²) in [7, 11) is -3.37. The van der Waals surface area contributed by atoms with Crippen molar-refractivity contribution < 1.29 is 18.0 Å². The van der Waals surface area contributed by atoms with Crippen LogP contribution in [0, 0.1) is 0 Å². The molecule has 7 nitrogen and oxygen atoms in total. The molecule has 3 amide bonds. The number of rotatable bonds is 7. The van der Waals surface area contributed by atoms with Crippen molar-refractivity contribution in [2.75, 3.05) is 38.5 Å². The largest absolute Gasteiger partial charge is 0.327 e. The van der Waals surface area contributed by atoms with Gasteiger partial charge in [-0.3, -0.25) is 14.6 Å². The van der Waals surface area contributed by atoms with E-state index in [0.29, 0.717) is 44.0 Å². The smallest absolute Gasteiger partial charge is 0.310 e. The molecule has 0 saturated carbocycles. The van der Waals surface area contributed by atoms with Crippen molar-refractivity contribution in [3.8, 4) is 0 Å². The Hall–Kier alpha value is -2.71. The number of nitrogens with zero attached hydrogens (tertiary/aromatic N) is 3. The van der Waals surface area contributed by atoms with Crippen molar-refractivity contribution >= 4 is 21.8 Å². The van der Waals surface area contributed by atoms with E-state index in [1.807, 2.05) is 35.2 Å². The van der Waals surface area contributed by atoms with Gasteiger partial charge in [-0.25, -0.2) is 13.2 Å². The summed E-state index contributed by atoms with van der Waals surface area (Å²) in [5.74, 6) is -0.199. The summed E-state index contributed by atoms with van der Waals surface area (Å²) in [5, 5.41) is 0. The van der Waals surface area contributed by atoms with Gasteiger partial charge < -0.3 is 4.90 Å². The Morgan fingerprint density at radius 3 is 2.23 bits per heavy atom. The Morgan fingerprint density at radius 1 is 0.867 bits per heavy atom. The molecule has 158 valence electrons. The van der Waals surface area contributed by atoms with Gasteiger partial charge in [-0.05, 0) is 24.1 Å². The van der Waals surface area contributed by atoms with Gasteiger partial charge in [0.05, 0.1) is 10.6 Å². The van der Waals surface area contributed by atoms with Crippen LogP contribution in [0.2, 0.25) is 0 Å². The van der Waals surface area contributed by atoms with Gasteiger partial charge in [-0.2, -0.15) is 0 Å². The summed E-state index contributed by atoms with van der Waals surface area (Å²) in [6.07, 6.45) is 0.623. The second-order valence-corrected chi connectivity index (χ2v) is 9.76. The number of imide groups is 1. The van der Waals surface area contributed by atoms with E-state index in [4.69, 9.17) is 0 Å². The topological polar surface area (TPSA) is 78.0 Å². The number of hydrogen-bond acceptors (Lipinski definition) is 5. The van der Waals surface area contributed by atoms with Gasteiger partial charge in [0.15, 0.2) is 9.84 Å². The third-order valence-corrected chi connectivity index (χ3v) is 7.45. The summed E-state index contributed by atoms with van der Waals surface area (Å²) >= 11 is 0. The van der Waals surface area contributed by atoms with E-state index in [0.717, 1.165) is 5.56 Å². The first-order chi connectivity index (χ1) is 14.5. The van der Waals surface area contributed by atoms with E-state index in [9.17, 15) is 18.0 Å². The van der Waals surface area contributed by atoms with Crippen LogP contribution in [0.5, 0.6) is 0 Å². The predicted molar refractivity (Wildman–Crippen MR) is 113 cm³/mol. The quantitative estimate of drug-likeness (QED) is 0.628. The van der Waals surface area contributed by atoms with Crippen molar-refractivity contribution in [1.29, 1.82) is 0 Å². The molecule has 2 aliphatic rings. The van der Waals surface area contributed by atoms with Crippen LogP contribution in [0.15, 0.2) is 65.6 Å². The Labute approximate surface area is 176 Å². The van der Waals surface area contributed by atoms with Gasteiger partial charge in [0, 0.05) is 32.7 Å². The highest BCUT2D eigenvalue weighted by Gasteiger charge is 2.47. The van der Waals surface area contributed by atoms with Gasteiger partial charge in [-0.1, -0.05) is 48.5 Å². The zero-order chi connectivity index (χ0) is 21.1. The maximum Gasteiger partial charge on any atom is 0.327 e. The van der Waals surface area contributed by atoms with Crippen molar-refractivity contribution in [3.63, 3.8) is 0 Å². The molecule has 1 unspecified atom stereocenters. The molecule has 0 spiro atoms. The fraction of sp³-hybridized carbons (Fsp3) is 0.364. The van der Waals surface area contributed by atoms with Crippen molar-refractivity contribution in [1.82, 2.24) is 14.7 Å². The zero-order valence-electron chi connectivity index (χ0n) is 16.7. The lowest BCUT2D eigenvalue weighted by Gasteiger charge is -2.35. The number of benzene rings is 2. The fourth-order valence-corrected chi connectivity index (χ4v) is 5.30. The monoisotopic (exact) mass is 427 g/mol. The summed E-state index contributed by atoms with van der Waals surface area (Å²) in [5.41, 5.74) is 1.08. The number of piperazine rings is 1. The Morgan fingerprint density at radius 2 is 1.53 bits per heavy atom. The minimum atomic E-state index is -3.37. The highest BCUT2D eigenvalue weighted by atomic mass is 32.2. The molecule has 1 atom stereocenters. The van der Waals surface area contributed by atoms with Crippen molar-refractivity contribution in [3.05, 3.63) is 66.2 Å². The number of sulfone groups is 1. The minimum Gasteiger partial charge on any atom is -0.310 e. The summed E-state index contributed by atoms with van der Waals surface area (Å²) in [6.45, 7) is 2.07. The van der Waals surface area contributed by atoms with E-state index >= 15 is 0 Å². The maximum atomic E-state index is 12.9. The van der Waals surface area contributed by atoms with Crippen LogP contribution in [0.4, 0.5) is 4.79 Å². The molecule has 30 heavy (non-hydrogen) atoms. The molecule has 0 aromatic heterocycles. The minimum absolute atomic E-state index is 0.0103. The van der Waals surface area contributed by atoms with Crippen LogP contribution in [0.25, 0.3) is 0 Å². The third-order valence-electron chi connectivity index (χ3n) is 5.74. The van der Waals surface area contributed by atoms with Gasteiger partial charge in [0.1, 0.15) is 6.04 Å². The lowest BCUT2D eigenvalue weighted by Crippen LogP contribution is -2.53. The van der Waals surface area contributed by atoms with E-state index in [1.165, 1.54) is 4.90 Å². The first-order valence-electron chi connectivity index (χ1n) is 10.1. The molecule has 0 radical (unpaired) electrons. The summed E-state index contributed by atoms with van der Waals surface area (Å²) in [4.78, 5) is 30.8. The second-order valence-electron chi connectivity index (χ2n) is 7.65. The number of fused-ring (bicyclic) bond motifs is 1. The molecular weight excluding hydrogens is 402 g/mol. The molecule has 0 N–H and O–H groups in total. The number of carbonyl (C=O) groups excluding carboxylic acids is 2. The number of hydrogen-bond donors (Lipinski definition) is 0. The molecule has 0 bridgehead atoms. The molecule has 2 saturated heterocycles. The molecule has 2 heterocycles. The second kappa shape index (κ2) is 8.57. The maximum absolute atomic E-state index is 12.9. The Kier molecular flexibility index (Phi) is 5.87. The van der Waals surface area contributed by atoms with Crippen molar-refractivity contribution in [2.24, 2.45) is 0 Å². The first kappa shape index (κ1) is 20.6. The van der Waals surface area contributed by atoms with E-state index in [1.54, 1.807) is 35.2 Å². The van der Waals surface area contributed by atoms with Crippen LogP contribution in [-0.2, 0) is 21.1 Å². The van der Waals surface area contributed by atoms with Crippen LogP contribution >= 0.6 is 0 Å². The van der Waals surface area contributed by atoms with Crippen LogP contribution < -0.4 is 0 Å². The zero-order valence-corrected chi connectivity index (χ0v) is 17.5. The molecule has 8 heteroatoms. The average Bonchev–Trinajstić information content (AvgIpc) is 3.01. The standard InChI is InChI=1S/C22H25N3O4S/c26-21-20-17-23(15-16-30(28,29)19-9-5-2-6-10-19)13-14-24(20)22(27)25(21)12-11-18-7-3-1-4-8-18/h1-10,20H,11-17H2. The van der Waals surface area contributed by atoms with Crippen LogP contribution in [-0.4, -0.2) is 79.6 Å². The third kappa shape index (κ3) is 4.24. The number of amides is 3. The van der Waals surface area contributed by atoms with E-state index in [-0.39, 0.29) is 17.7 Å². The molecule has 2 aromatic carbocycles. The lowest BCUT2D eigenvalue weighted by molar-refractivity contribution is -0.129. The fourth-order valence-electron chi connectivity index (χ4n) is 4.00. The predicted octanol–water partition coefficient (Wildman–Crippen LogP) is 1.65. The summed E-state index contributed by atoms with van der Waals surface area (Å²) in [6, 6.07) is 17.4. The molecule has 4 rings (SSSR count). The highest BCUT2D eigenvalue weighted by molar-refractivity contribution is 7.91. The number of urea groups is 1. The SMILES string of the molecule is O=C1C2CN(CCS(=O)(=O)c3ccccc3)CCN2C(=O)N1CCc1ccccc1. The number of carbonyl (C=O) groups is 2. The first-order valence-corrected chi connectivity index (χ1v) is 11.8. The van der Waals surface area contributed by atoms with Gasteiger partial charge in [0.2, 0.25) is 0 Å². The summed E-state index contributed by atoms with van der Waals surface area (Å²) < 4.78 is 25.0. The van der Waals surface area contributed by atoms with Gasteiger partial charge >= 0.3 is 6.03 Å². The van der Waals surface area contributed by atoms with Crippen LogP contribution in [0.1, 0.15) is 5.56 Å². The van der Waals surface area contributed by atoms with E-state index in [2.05, 4.69) is 0 Å². The Balaban J connectivity index is 1.35. The van der Waals surface area contributed by atoms with Gasteiger partial charge in [-0.15, -0.1) is 0 Å². The molecule has 2 aliphatic heterocycles. The molecule has 0 aliphatic carbocycles. The highest BCUT2D eigenvalue weighted by Crippen LogP contribution is 2.23. The lowest BCUT2D eigenvalue weighted by atomic mass is 10.1. The molecular formula is C22H25N3O4S. The molecule has 2 fully saturated rings. The normalized spacial score (nSPS) is 19.9.